The molecule has 0 aromatic heterocycles. The summed E-state index contributed by atoms with van der Waals surface area (Å²) in [6.07, 6.45) is 8.96. The highest BCUT2D eigenvalue weighted by atomic mass is 32.2. The molecule has 168 valence electrons. The average molecular weight is 448 g/mol. The van der Waals surface area contributed by atoms with Crippen LogP contribution in [0.3, 0.4) is 0 Å². The summed E-state index contributed by atoms with van der Waals surface area (Å²) in [5.74, 6) is 0.242. The van der Waals surface area contributed by atoms with Gasteiger partial charge in [-0.3, -0.25) is 9.69 Å². The molecule has 2 saturated heterocycles. The third kappa shape index (κ3) is 5.05. The predicted molar refractivity (Wildman–Crippen MR) is 133 cm³/mol. The lowest BCUT2D eigenvalue weighted by Crippen LogP contribution is -2.37. The first kappa shape index (κ1) is 21.6. The number of hydrogen-bond donors (Lipinski definition) is 0. The van der Waals surface area contributed by atoms with Crippen molar-refractivity contribution < 1.29 is 4.79 Å². The van der Waals surface area contributed by atoms with E-state index in [0.717, 1.165) is 31.6 Å². The van der Waals surface area contributed by atoms with E-state index in [1.54, 1.807) is 0 Å². The van der Waals surface area contributed by atoms with Crippen molar-refractivity contribution in [3.05, 3.63) is 77.3 Å². The number of amides is 1. The van der Waals surface area contributed by atoms with Crippen LogP contribution in [0.25, 0.3) is 0 Å². The topological polar surface area (TPSA) is 26.8 Å². The highest BCUT2D eigenvalue weighted by molar-refractivity contribution is 8.02. The van der Waals surface area contributed by atoms with Crippen molar-refractivity contribution in [2.75, 3.05) is 24.5 Å². The number of hydrogen-bond acceptors (Lipinski definition) is 4. The molecule has 5 rings (SSSR count). The van der Waals surface area contributed by atoms with E-state index in [9.17, 15) is 4.79 Å². The number of carbonyl (C=O) groups excluding carboxylic acids is 1. The largest absolute Gasteiger partial charge is 0.359 e. The first-order valence-corrected chi connectivity index (χ1v) is 13.0. The molecule has 4 nitrogen and oxygen atoms in total. The second-order valence-corrected chi connectivity index (χ2v) is 10.3. The minimum absolute atomic E-state index is 0.242. The van der Waals surface area contributed by atoms with Crippen LogP contribution < -0.4 is 4.90 Å². The maximum absolute atomic E-state index is 12.9. The lowest BCUT2D eigenvalue weighted by Gasteiger charge is -2.30. The Hall–Kier alpha value is -2.24. The van der Waals surface area contributed by atoms with E-state index in [1.165, 1.54) is 43.5 Å². The minimum atomic E-state index is 0.242. The molecule has 2 atom stereocenters. The van der Waals surface area contributed by atoms with Crippen molar-refractivity contribution in [3.8, 4) is 0 Å². The van der Waals surface area contributed by atoms with Gasteiger partial charge in [0.1, 0.15) is 0 Å². The van der Waals surface area contributed by atoms with Gasteiger partial charge < -0.3 is 9.80 Å². The summed E-state index contributed by atoms with van der Waals surface area (Å²) in [4.78, 5) is 19.8. The summed E-state index contributed by atoms with van der Waals surface area (Å²) >= 11 is 1.88. The lowest BCUT2D eigenvalue weighted by molar-refractivity contribution is -0.117. The fourth-order valence-corrected chi connectivity index (χ4v) is 6.20. The van der Waals surface area contributed by atoms with Crippen LogP contribution in [0.2, 0.25) is 0 Å². The van der Waals surface area contributed by atoms with Gasteiger partial charge in [-0.15, -0.1) is 11.8 Å². The van der Waals surface area contributed by atoms with E-state index in [0.29, 0.717) is 11.8 Å². The average Bonchev–Trinajstić information content (AvgIpc) is 3.46. The SMILES string of the molecule is O=C1CC(N2C=CSC2CCc2ccccc2)CN1c1ccc(CN2CCCCC2)cc1. The van der Waals surface area contributed by atoms with Gasteiger partial charge in [0, 0.05) is 31.4 Å². The number of benzene rings is 2. The smallest absolute Gasteiger partial charge is 0.229 e. The van der Waals surface area contributed by atoms with Crippen LogP contribution in [0.1, 0.15) is 43.2 Å². The van der Waals surface area contributed by atoms with Crippen LogP contribution in [0.5, 0.6) is 0 Å². The second-order valence-electron chi connectivity index (χ2n) is 9.21. The molecule has 32 heavy (non-hydrogen) atoms. The fourth-order valence-electron chi connectivity index (χ4n) is 5.17. The van der Waals surface area contributed by atoms with E-state index in [-0.39, 0.29) is 11.9 Å². The van der Waals surface area contributed by atoms with Crippen molar-refractivity contribution in [3.63, 3.8) is 0 Å². The molecular weight excluding hydrogens is 414 g/mol. The van der Waals surface area contributed by atoms with Crippen LogP contribution in [0, 0.1) is 0 Å². The van der Waals surface area contributed by atoms with Crippen molar-refractivity contribution in [1.29, 1.82) is 0 Å². The Kier molecular flexibility index (Phi) is 6.84. The van der Waals surface area contributed by atoms with Crippen molar-refractivity contribution in [2.24, 2.45) is 0 Å². The van der Waals surface area contributed by atoms with Crippen molar-refractivity contribution in [1.82, 2.24) is 9.80 Å². The Labute approximate surface area is 196 Å². The molecular formula is C27H33N3OS. The number of carbonyl (C=O) groups is 1. The van der Waals surface area contributed by atoms with E-state index in [4.69, 9.17) is 0 Å². The van der Waals surface area contributed by atoms with Crippen LogP contribution in [0.4, 0.5) is 5.69 Å². The Bertz CT molecular complexity index is 924. The minimum Gasteiger partial charge on any atom is -0.359 e. The van der Waals surface area contributed by atoms with Gasteiger partial charge in [0.15, 0.2) is 0 Å². The zero-order valence-corrected chi connectivity index (χ0v) is 19.6. The third-order valence-electron chi connectivity index (χ3n) is 6.95. The molecule has 0 bridgehead atoms. The standard InChI is InChI=1S/C27H33N3OS/c31-26-19-25(29-17-18-32-27(29)14-11-22-7-3-1-4-8-22)21-30(26)24-12-9-23(10-13-24)20-28-15-5-2-6-16-28/h1,3-4,7-10,12-13,17-18,25,27H,2,5-6,11,14-16,19-21H2. The molecule has 2 aromatic carbocycles. The molecule has 0 N–H and O–H groups in total. The molecule has 1 amide bonds. The number of aryl methyl sites for hydroxylation is 1. The normalized spacial score (nSPS) is 23.9. The molecule has 2 unspecified atom stereocenters. The van der Waals surface area contributed by atoms with E-state index in [2.05, 4.69) is 76.0 Å². The summed E-state index contributed by atoms with van der Waals surface area (Å²) in [6, 6.07) is 19.6. The highest BCUT2D eigenvalue weighted by Crippen LogP contribution is 2.35. The predicted octanol–water partition coefficient (Wildman–Crippen LogP) is 5.26. The van der Waals surface area contributed by atoms with Crippen LogP contribution in [-0.4, -0.2) is 46.8 Å². The van der Waals surface area contributed by atoms with Gasteiger partial charge in [-0.1, -0.05) is 48.9 Å². The molecule has 3 aliphatic heterocycles. The van der Waals surface area contributed by atoms with Gasteiger partial charge in [0.05, 0.1) is 11.4 Å². The first-order valence-electron chi connectivity index (χ1n) is 12.0. The van der Waals surface area contributed by atoms with Gasteiger partial charge in [-0.05, 0) is 67.4 Å². The summed E-state index contributed by atoms with van der Waals surface area (Å²) < 4.78 is 0. The molecule has 3 heterocycles. The Morgan fingerprint density at radius 2 is 1.69 bits per heavy atom. The zero-order chi connectivity index (χ0) is 21.8. The van der Waals surface area contributed by atoms with Gasteiger partial charge in [-0.25, -0.2) is 0 Å². The molecule has 0 saturated carbocycles. The fraction of sp³-hybridized carbons (Fsp3) is 0.444. The first-order chi connectivity index (χ1) is 15.8. The molecule has 0 aliphatic carbocycles. The quantitative estimate of drug-likeness (QED) is 0.579. The highest BCUT2D eigenvalue weighted by Gasteiger charge is 2.37. The van der Waals surface area contributed by atoms with Crippen LogP contribution in [0.15, 0.2) is 66.2 Å². The zero-order valence-electron chi connectivity index (χ0n) is 18.7. The maximum atomic E-state index is 12.9. The van der Waals surface area contributed by atoms with E-state index < -0.39 is 0 Å². The summed E-state index contributed by atoms with van der Waals surface area (Å²) in [5, 5.41) is 2.61. The number of nitrogens with zero attached hydrogens (tertiary/aromatic N) is 3. The van der Waals surface area contributed by atoms with Crippen molar-refractivity contribution in [2.45, 2.75) is 56.5 Å². The Morgan fingerprint density at radius 3 is 2.47 bits per heavy atom. The van der Waals surface area contributed by atoms with Gasteiger partial charge in [0.25, 0.3) is 0 Å². The molecule has 2 fully saturated rings. The molecule has 0 spiro atoms. The van der Waals surface area contributed by atoms with Gasteiger partial charge in [-0.2, -0.15) is 0 Å². The van der Waals surface area contributed by atoms with Crippen LogP contribution >= 0.6 is 11.8 Å². The molecule has 0 radical (unpaired) electrons. The molecule has 2 aromatic rings. The number of piperidine rings is 1. The lowest BCUT2D eigenvalue weighted by atomic mass is 10.1. The number of thioether (sulfide) groups is 1. The summed E-state index contributed by atoms with van der Waals surface area (Å²) in [6.45, 7) is 4.22. The van der Waals surface area contributed by atoms with E-state index >= 15 is 0 Å². The number of rotatable bonds is 7. The van der Waals surface area contributed by atoms with Gasteiger partial charge >= 0.3 is 0 Å². The number of likely N-dealkylation sites (tertiary alicyclic amines) is 1. The van der Waals surface area contributed by atoms with E-state index in [1.807, 2.05) is 16.7 Å². The Morgan fingerprint density at radius 1 is 0.906 bits per heavy atom. The van der Waals surface area contributed by atoms with Crippen LogP contribution in [-0.2, 0) is 17.8 Å². The van der Waals surface area contributed by atoms with Gasteiger partial charge in [0.2, 0.25) is 5.91 Å². The molecule has 3 aliphatic rings. The second kappa shape index (κ2) is 10.1. The van der Waals surface area contributed by atoms with Crippen molar-refractivity contribution >= 4 is 23.4 Å². The number of anilines is 1. The monoisotopic (exact) mass is 447 g/mol. The molecule has 5 heteroatoms. The summed E-state index contributed by atoms with van der Waals surface area (Å²) in [7, 11) is 0. The Balaban J connectivity index is 1.18. The third-order valence-corrected chi connectivity index (χ3v) is 8.03. The maximum Gasteiger partial charge on any atom is 0.229 e. The summed E-state index contributed by atoms with van der Waals surface area (Å²) in [5.41, 5.74) is 3.77.